The Balaban J connectivity index is 1.62. The first-order chi connectivity index (χ1) is 9.43. The van der Waals surface area contributed by atoms with E-state index in [2.05, 4.69) is 44.5 Å². The minimum Gasteiger partial charge on any atom is -0.349 e. The normalized spacial score (nSPS) is 10.9. The molecule has 0 bridgehead atoms. The molecule has 2 aromatic heterocycles. The van der Waals surface area contributed by atoms with E-state index in [9.17, 15) is 0 Å². The molecule has 0 unspecified atom stereocenters. The van der Waals surface area contributed by atoms with Crippen molar-refractivity contribution in [3.05, 3.63) is 60.4 Å². The van der Waals surface area contributed by atoms with Gasteiger partial charge >= 0.3 is 0 Å². The maximum atomic E-state index is 4.21. The highest BCUT2D eigenvalue weighted by atomic mass is 14.9. The minimum atomic E-state index is 0.863. The fourth-order valence-corrected chi connectivity index (χ4v) is 2.21. The second kappa shape index (κ2) is 5.63. The van der Waals surface area contributed by atoms with Crippen LogP contribution in [0.5, 0.6) is 0 Å². The van der Waals surface area contributed by atoms with E-state index in [4.69, 9.17) is 0 Å². The van der Waals surface area contributed by atoms with Crippen LogP contribution < -0.4 is 5.32 Å². The molecule has 0 radical (unpaired) electrons. The lowest BCUT2D eigenvalue weighted by Crippen LogP contribution is -2.17. The Morgan fingerprint density at radius 2 is 2.16 bits per heavy atom. The largest absolute Gasteiger partial charge is 0.349 e. The zero-order valence-corrected chi connectivity index (χ0v) is 10.6. The molecule has 0 amide bonds. The van der Waals surface area contributed by atoms with Crippen LogP contribution in [0, 0.1) is 0 Å². The molecule has 0 aliphatic carbocycles. The fourth-order valence-electron chi connectivity index (χ4n) is 2.21. The number of benzene rings is 1. The highest BCUT2D eigenvalue weighted by Gasteiger charge is 2.00. The molecule has 2 N–H and O–H groups in total. The molecule has 0 aliphatic heterocycles. The van der Waals surface area contributed by atoms with Crippen LogP contribution in [0.2, 0.25) is 0 Å². The van der Waals surface area contributed by atoms with Crippen LogP contribution in [0.15, 0.2) is 49.1 Å². The van der Waals surface area contributed by atoms with Gasteiger partial charge in [0, 0.05) is 49.7 Å². The maximum absolute atomic E-state index is 4.21. The van der Waals surface area contributed by atoms with Gasteiger partial charge in [-0.2, -0.15) is 0 Å². The number of hydrogen-bond donors (Lipinski definition) is 2. The molecule has 96 valence electrons. The van der Waals surface area contributed by atoms with Gasteiger partial charge in [0.05, 0.1) is 0 Å². The summed E-state index contributed by atoms with van der Waals surface area (Å²) >= 11 is 0. The molecule has 3 rings (SSSR count). The van der Waals surface area contributed by atoms with Crippen molar-refractivity contribution in [3.63, 3.8) is 0 Å². The van der Waals surface area contributed by atoms with Crippen molar-refractivity contribution < 1.29 is 0 Å². The molecular weight excluding hydrogens is 236 g/mol. The number of hydrogen-bond acceptors (Lipinski definition) is 3. The van der Waals surface area contributed by atoms with E-state index in [1.54, 1.807) is 6.20 Å². The molecular formula is C15H16N4. The first-order valence-electron chi connectivity index (χ1n) is 6.44. The van der Waals surface area contributed by atoms with Gasteiger partial charge in [0.25, 0.3) is 0 Å². The van der Waals surface area contributed by atoms with Gasteiger partial charge in [-0.25, -0.2) is 4.98 Å². The summed E-state index contributed by atoms with van der Waals surface area (Å²) in [5.41, 5.74) is 1.30. The van der Waals surface area contributed by atoms with Crippen molar-refractivity contribution in [2.24, 2.45) is 0 Å². The third-order valence-electron chi connectivity index (χ3n) is 3.18. The number of aromatic nitrogens is 3. The summed E-state index contributed by atoms with van der Waals surface area (Å²) < 4.78 is 0. The number of pyridine rings is 1. The van der Waals surface area contributed by atoms with Crippen molar-refractivity contribution in [1.29, 1.82) is 0 Å². The molecule has 4 heteroatoms. The Labute approximate surface area is 111 Å². The summed E-state index contributed by atoms with van der Waals surface area (Å²) in [5.74, 6) is 1.02. The number of H-pyrrole nitrogens is 1. The second-order valence-corrected chi connectivity index (χ2v) is 4.48. The number of nitrogens with zero attached hydrogens (tertiary/aromatic N) is 2. The molecule has 0 fully saturated rings. The van der Waals surface area contributed by atoms with Gasteiger partial charge in [0.2, 0.25) is 0 Å². The Morgan fingerprint density at radius 1 is 1.16 bits per heavy atom. The lowest BCUT2D eigenvalue weighted by Gasteiger charge is -2.07. The quantitative estimate of drug-likeness (QED) is 0.685. The first kappa shape index (κ1) is 11.9. The smallest absolute Gasteiger partial charge is 0.107 e. The van der Waals surface area contributed by atoms with Gasteiger partial charge in [-0.15, -0.1) is 0 Å². The van der Waals surface area contributed by atoms with Gasteiger partial charge in [-0.3, -0.25) is 4.98 Å². The van der Waals surface area contributed by atoms with E-state index >= 15 is 0 Å². The molecule has 0 saturated carbocycles. The number of aromatic amines is 1. The minimum absolute atomic E-state index is 0.863. The summed E-state index contributed by atoms with van der Waals surface area (Å²) in [6.45, 7) is 1.77. The lowest BCUT2D eigenvalue weighted by atomic mass is 10.1. The van der Waals surface area contributed by atoms with Crippen LogP contribution in [0.4, 0.5) is 0 Å². The lowest BCUT2D eigenvalue weighted by molar-refractivity contribution is 0.676. The highest BCUT2D eigenvalue weighted by molar-refractivity contribution is 5.84. The van der Waals surface area contributed by atoms with Crippen LogP contribution >= 0.6 is 0 Å². The predicted octanol–water partition coefficient (Wildman–Crippen LogP) is 2.29. The molecule has 4 nitrogen and oxygen atoms in total. The number of rotatable bonds is 5. The van der Waals surface area contributed by atoms with E-state index in [1.807, 2.05) is 18.6 Å². The Morgan fingerprint density at radius 3 is 3.05 bits per heavy atom. The number of imidazole rings is 1. The van der Waals surface area contributed by atoms with Gasteiger partial charge in [0.15, 0.2) is 0 Å². The predicted molar refractivity (Wildman–Crippen MR) is 75.7 cm³/mol. The second-order valence-electron chi connectivity index (χ2n) is 4.48. The summed E-state index contributed by atoms with van der Waals surface area (Å²) in [5, 5.41) is 5.91. The van der Waals surface area contributed by atoms with Gasteiger partial charge in [0.1, 0.15) is 5.82 Å². The average molecular weight is 252 g/mol. The molecule has 0 aliphatic rings. The molecule has 1 aromatic carbocycles. The van der Waals surface area contributed by atoms with Gasteiger partial charge in [-0.05, 0) is 17.0 Å². The monoisotopic (exact) mass is 252 g/mol. The summed E-state index contributed by atoms with van der Waals surface area (Å²) in [6.07, 6.45) is 8.30. The van der Waals surface area contributed by atoms with Crippen molar-refractivity contribution in [3.8, 4) is 0 Å². The Bertz CT molecular complexity index is 641. The molecule has 0 atom stereocenters. The fraction of sp³-hybridized carbons (Fsp3) is 0.200. The van der Waals surface area contributed by atoms with Crippen LogP contribution in [-0.4, -0.2) is 21.5 Å². The third-order valence-corrected chi connectivity index (χ3v) is 3.18. The third kappa shape index (κ3) is 2.80. The Kier molecular flexibility index (Phi) is 3.51. The first-order valence-corrected chi connectivity index (χ1v) is 6.44. The molecule has 0 saturated heterocycles. The van der Waals surface area contributed by atoms with E-state index < -0.39 is 0 Å². The SMILES string of the molecule is c1cc(CNCCc2ncc[nH]2)c2ccncc2c1. The Hall–Kier alpha value is -2.20. The zero-order valence-electron chi connectivity index (χ0n) is 10.6. The molecule has 0 spiro atoms. The summed E-state index contributed by atoms with van der Waals surface area (Å²) in [6, 6.07) is 8.39. The molecule has 19 heavy (non-hydrogen) atoms. The van der Waals surface area contributed by atoms with Gasteiger partial charge < -0.3 is 10.3 Å². The number of fused-ring (bicyclic) bond motifs is 1. The van der Waals surface area contributed by atoms with E-state index in [1.165, 1.54) is 16.3 Å². The van der Waals surface area contributed by atoms with E-state index in [0.717, 1.165) is 25.3 Å². The van der Waals surface area contributed by atoms with E-state index in [0.29, 0.717) is 0 Å². The highest BCUT2D eigenvalue weighted by Crippen LogP contribution is 2.16. The van der Waals surface area contributed by atoms with Crippen LogP contribution in [-0.2, 0) is 13.0 Å². The number of nitrogens with one attached hydrogen (secondary N) is 2. The van der Waals surface area contributed by atoms with Crippen molar-refractivity contribution in [1.82, 2.24) is 20.3 Å². The van der Waals surface area contributed by atoms with Gasteiger partial charge in [-0.1, -0.05) is 18.2 Å². The molecule has 3 aromatic rings. The zero-order chi connectivity index (χ0) is 12.9. The van der Waals surface area contributed by atoms with Crippen molar-refractivity contribution in [2.75, 3.05) is 6.54 Å². The van der Waals surface area contributed by atoms with Crippen molar-refractivity contribution in [2.45, 2.75) is 13.0 Å². The van der Waals surface area contributed by atoms with E-state index in [-0.39, 0.29) is 0 Å². The van der Waals surface area contributed by atoms with Crippen LogP contribution in [0.3, 0.4) is 0 Å². The summed E-state index contributed by atoms with van der Waals surface area (Å²) in [4.78, 5) is 11.5. The maximum Gasteiger partial charge on any atom is 0.107 e. The summed E-state index contributed by atoms with van der Waals surface area (Å²) in [7, 11) is 0. The van der Waals surface area contributed by atoms with Crippen molar-refractivity contribution >= 4 is 10.8 Å². The van der Waals surface area contributed by atoms with Crippen LogP contribution in [0.1, 0.15) is 11.4 Å². The molecule has 2 heterocycles. The standard InChI is InChI=1S/C15H16N4/c1-2-12-10-16-6-4-14(12)13(3-1)11-17-7-5-15-18-8-9-19-15/h1-4,6,8-10,17H,5,7,11H2,(H,18,19). The average Bonchev–Trinajstić information content (AvgIpc) is 2.97. The topological polar surface area (TPSA) is 53.6 Å². The van der Waals surface area contributed by atoms with Crippen LogP contribution in [0.25, 0.3) is 10.8 Å².